The smallest absolute Gasteiger partial charge is 0.131 e. The lowest BCUT2D eigenvalue weighted by Crippen LogP contribution is -2.51. The number of aromatic nitrogens is 2. The van der Waals surface area contributed by atoms with E-state index in [9.17, 15) is 0 Å². The van der Waals surface area contributed by atoms with Crippen molar-refractivity contribution in [3.8, 4) is 0 Å². The molecule has 0 spiro atoms. The zero-order valence-corrected chi connectivity index (χ0v) is 10.4. The highest BCUT2D eigenvalue weighted by molar-refractivity contribution is 5.47. The number of anilines is 2. The van der Waals surface area contributed by atoms with E-state index >= 15 is 0 Å². The molecule has 1 aromatic rings. The molecule has 6 heteroatoms. The van der Waals surface area contributed by atoms with E-state index in [1.165, 1.54) is 0 Å². The standard InChI is InChI=1S/C12H19N5O/c1-3-18-4-2-9(1)16-11-5-12(15-8-14-11)17-10-6-13-7-10/h5,8-10,13H,1-4,6-7H2,(H2,14,15,16,17). The molecule has 0 unspecified atom stereocenters. The van der Waals surface area contributed by atoms with Crippen LogP contribution in [0.25, 0.3) is 0 Å². The SMILES string of the molecule is c1nc(NC2CCOCC2)cc(NC2CNC2)n1. The van der Waals surface area contributed by atoms with Gasteiger partial charge in [-0.3, -0.25) is 0 Å². The van der Waals surface area contributed by atoms with Gasteiger partial charge in [0.2, 0.25) is 0 Å². The van der Waals surface area contributed by atoms with Gasteiger partial charge in [0.25, 0.3) is 0 Å². The van der Waals surface area contributed by atoms with E-state index in [1.807, 2.05) is 6.07 Å². The fraction of sp³-hybridized carbons (Fsp3) is 0.667. The molecular weight excluding hydrogens is 230 g/mol. The Hall–Kier alpha value is -1.40. The van der Waals surface area contributed by atoms with Crippen LogP contribution in [0.1, 0.15) is 12.8 Å². The topological polar surface area (TPSA) is 71.1 Å². The first kappa shape index (κ1) is 11.7. The molecule has 0 bridgehead atoms. The van der Waals surface area contributed by atoms with Crippen molar-refractivity contribution in [1.29, 1.82) is 0 Å². The Bertz CT molecular complexity index is 390. The Labute approximate surface area is 107 Å². The maximum atomic E-state index is 5.34. The third-order valence-electron chi connectivity index (χ3n) is 3.37. The van der Waals surface area contributed by atoms with E-state index in [1.54, 1.807) is 6.33 Å². The van der Waals surface area contributed by atoms with Gasteiger partial charge in [0, 0.05) is 38.4 Å². The first-order chi connectivity index (χ1) is 8.90. The van der Waals surface area contributed by atoms with Gasteiger partial charge in [-0.15, -0.1) is 0 Å². The van der Waals surface area contributed by atoms with Crippen LogP contribution in [0.15, 0.2) is 12.4 Å². The maximum Gasteiger partial charge on any atom is 0.131 e. The average Bonchev–Trinajstić information content (AvgIpc) is 2.36. The fourth-order valence-corrected chi connectivity index (χ4v) is 2.17. The van der Waals surface area contributed by atoms with Crippen LogP contribution >= 0.6 is 0 Å². The summed E-state index contributed by atoms with van der Waals surface area (Å²) >= 11 is 0. The van der Waals surface area contributed by atoms with E-state index in [-0.39, 0.29) is 0 Å². The summed E-state index contributed by atoms with van der Waals surface area (Å²) in [6.45, 7) is 3.68. The highest BCUT2D eigenvalue weighted by Crippen LogP contribution is 2.15. The van der Waals surface area contributed by atoms with Crippen LogP contribution in [0.4, 0.5) is 11.6 Å². The normalized spacial score (nSPS) is 21.3. The number of hydrogen-bond acceptors (Lipinski definition) is 6. The molecule has 3 N–H and O–H groups in total. The van der Waals surface area contributed by atoms with Crippen molar-refractivity contribution in [2.24, 2.45) is 0 Å². The second-order valence-corrected chi connectivity index (χ2v) is 4.82. The molecule has 0 aliphatic carbocycles. The van der Waals surface area contributed by atoms with Gasteiger partial charge in [-0.2, -0.15) is 0 Å². The second-order valence-electron chi connectivity index (χ2n) is 4.82. The molecule has 3 heterocycles. The molecule has 2 fully saturated rings. The lowest BCUT2D eigenvalue weighted by atomic mass is 10.1. The number of nitrogens with one attached hydrogen (secondary N) is 3. The predicted molar refractivity (Wildman–Crippen MR) is 69.8 cm³/mol. The van der Waals surface area contributed by atoms with Gasteiger partial charge < -0.3 is 20.7 Å². The molecule has 98 valence electrons. The average molecular weight is 249 g/mol. The van der Waals surface area contributed by atoms with E-state index < -0.39 is 0 Å². The molecule has 6 nitrogen and oxygen atoms in total. The summed E-state index contributed by atoms with van der Waals surface area (Å²) < 4.78 is 5.34. The van der Waals surface area contributed by atoms with Crippen molar-refractivity contribution in [3.63, 3.8) is 0 Å². The third-order valence-corrected chi connectivity index (χ3v) is 3.37. The molecule has 18 heavy (non-hydrogen) atoms. The molecular formula is C12H19N5O. The van der Waals surface area contributed by atoms with Gasteiger partial charge in [-0.25, -0.2) is 9.97 Å². The van der Waals surface area contributed by atoms with Crippen molar-refractivity contribution in [3.05, 3.63) is 12.4 Å². The Morgan fingerprint density at radius 2 is 1.72 bits per heavy atom. The lowest BCUT2D eigenvalue weighted by Gasteiger charge is -2.28. The van der Waals surface area contributed by atoms with E-state index in [0.29, 0.717) is 12.1 Å². The van der Waals surface area contributed by atoms with E-state index in [0.717, 1.165) is 50.8 Å². The fourth-order valence-electron chi connectivity index (χ4n) is 2.17. The quantitative estimate of drug-likeness (QED) is 0.720. The van der Waals surface area contributed by atoms with Crippen molar-refractivity contribution in [2.45, 2.75) is 24.9 Å². The highest BCUT2D eigenvalue weighted by Gasteiger charge is 2.17. The molecule has 0 atom stereocenters. The van der Waals surface area contributed by atoms with Crippen LogP contribution in [0.5, 0.6) is 0 Å². The van der Waals surface area contributed by atoms with E-state index in [2.05, 4.69) is 25.9 Å². The summed E-state index contributed by atoms with van der Waals surface area (Å²) in [4.78, 5) is 8.51. The Balaban J connectivity index is 1.58. The van der Waals surface area contributed by atoms with Crippen LogP contribution < -0.4 is 16.0 Å². The monoisotopic (exact) mass is 249 g/mol. The van der Waals surface area contributed by atoms with Gasteiger partial charge in [0.1, 0.15) is 18.0 Å². The predicted octanol–water partition coefficient (Wildman–Crippen LogP) is 0.451. The molecule has 0 radical (unpaired) electrons. The Kier molecular flexibility index (Phi) is 3.56. The van der Waals surface area contributed by atoms with Crippen molar-refractivity contribution in [1.82, 2.24) is 15.3 Å². The zero-order valence-electron chi connectivity index (χ0n) is 10.4. The Morgan fingerprint density at radius 1 is 1.06 bits per heavy atom. The van der Waals surface area contributed by atoms with Gasteiger partial charge in [0.05, 0.1) is 6.04 Å². The van der Waals surface area contributed by atoms with Crippen LogP contribution in [-0.2, 0) is 4.74 Å². The second kappa shape index (κ2) is 5.49. The van der Waals surface area contributed by atoms with Crippen molar-refractivity contribution in [2.75, 3.05) is 36.9 Å². The summed E-state index contributed by atoms with van der Waals surface area (Å²) in [6.07, 6.45) is 3.69. The molecule has 0 amide bonds. The number of hydrogen-bond donors (Lipinski definition) is 3. The number of ether oxygens (including phenoxy) is 1. The van der Waals surface area contributed by atoms with Crippen LogP contribution in [-0.4, -0.2) is 48.4 Å². The van der Waals surface area contributed by atoms with Crippen LogP contribution in [0.2, 0.25) is 0 Å². The highest BCUT2D eigenvalue weighted by atomic mass is 16.5. The molecule has 2 aliphatic rings. The maximum absolute atomic E-state index is 5.34. The third kappa shape index (κ3) is 2.88. The minimum Gasteiger partial charge on any atom is -0.381 e. The molecule has 2 aliphatic heterocycles. The van der Waals surface area contributed by atoms with Crippen LogP contribution in [0, 0.1) is 0 Å². The van der Waals surface area contributed by atoms with Gasteiger partial charge in [-0.05, 0) is 12.8 Å². The van der Waals surface area contributed by atoms with Crippen molar-refractivity contribution < 1.29 is 4.74 Å². The minimum absolute atomic E-state index is 0.465. The molecule has 2 saturated heterocycles. The molecule has 3 rings (SSSR count). The zero-order chi connectivity index (χ0) is 12.2. The molecule has 1 aromatic heterocycles. The summed E-state index contributed by atoms with van der Waals surface area (Å²) in [7, 11) is 0. The first-order valence-corrected chi connectivity index (χ1v) is 6.54. The van der Waals surface area contributed by atoms with Crippen molar-refractivity contribution >= 4 is 11.6 Å². The van der Waals surface area contributed by atoms with E-state index in [4.69, 9.17) is 4.74 Å². The largest absolute Gasteiger partial charge is 0.381 e. The van der Waals surface area contributed by atoms with Gasteiger partial charge >= 0.3 is 0 Å². The first-order valence-electron chi connectivity index (χ1n) is 6.54. The number of rotatable bonds is 4. The van der Waals surface area contributed by atoms with Gasteiger partial charge in [0.15, 0.2) is 0 Å². The summed E-state index contributed by atoms with van der Waals surface area (Å²) in [6, 6.07) is 2.94. The lowest BCUT2D eigenvalue weighted by molar-refractivity contribution is 0.0904. The number of nitrogens with zero attached hydrogens (tertiary/aromatic N) is 2. The summed E-state index contributed by atoms with van der Waals surface area (Å²) in [5.41, 5.74) is 0. The minimum atomic E-state index is 0.465. The van der Waals surface area contributed by atoms with Crippen LogP contribution in [0.3, 0.4) is 0 Å². The summed E-state index contributed by atoms with van der Waals surface area (Å²) in [5, 5.41) is 10.0. The molecule has 0 saturated carbocycles. The summed E-state index contributed by atoms with van der Waals surface area (Å²) in [5.74, 6) is 1.79. The Morgan fingerprint density at radius 3 is 2.33 bits per heavy atom. The van der Waals surface area contributed by atoms with Gasteiger partial charge in [-0.1, -0.05) is 0 Å². The molecule has 0 aromatic carbocycles.